The Morgan fingerprint density at radius 3 is 2.51 bits per heavy atom. The van der Waals surface area contributed by atoms with Gasteiger partial charge < -0.3 is 15.2 Å². The number of fused-ring (bicyclic) bond motifs is 1. The van der Waals surface area contributed by atoms with Gasteiger partial charge in [-0.05, 0) is 82.5 Å². The van der Waals surface area contributed by atoms with Gasteiger partial charge in [-0.3, -0.25) is 4.79 Å². The summed E-state index contributed by atoms with van der Waals surface area (Å²) in [6.45, 7) is 4.16. The van der Waals surface area contributed by atoms with Crippen LogP contribution in [-0.2, 0) is 27.2 Å². The Morgan fingerprint density at radius 1 is 1.18 bits per heavy atom. The molecule has 1 aromatic heterocycles. The van der Waals surface area contributed by atoms with Gasteiger partial charge in [0.25, 0.3) is 0 Å². The quantitative estimate of drug-likeness (QED) is 0.350. The SMILES string of the molecule is CC(C)N(C)[C@@H]1CC[C@H](NC(=O)Cc2nc3c(C(F)(F)F)cccc3[nH]2)[C@H](CS(=O)(=O)c2ccc(Br)cc2)C1. The van der Waals surface area contributed by atoms with Gasteiger partial charge in [0, 0.05) is 22.6 Å². The van der Waals surface area contributed by atoms with E-state index in [1.165, 1.54) is 12.1 Å². The minimum Gasteiger partial charge on any atom is -0.353 e. The van der Waals surface area contributed by atoms with Crippen molar-refractivity contribution in [2.75, 3.05) is 12.8 Å². The standard InChI is InChI=1S/C27H32BrF3N4O3S/c1-16(2)35(3)19-9-12-22(17(13-19)15-39(37,38)20-10-7-18(28)8-11-20)33-25(36)14-24-32-23-6-4-5-21(26(23)34-24)27(29,30)31/h4-8,10-11,16-17,19,22H,9,12-15H2,1-3H3,(H,32,34)(H,33,36)/t17-,19+,22-/m0/s1. The zero-order valence-corrected chi connectivity index (χ0v) is 24.3. The molecule has 7 nitrogen and oxygen atoms in total. The lowest BCUT2D eigenvalue weighted by atomic mass is 9.81. The van der Waals surface area contributed by atoms with Crippen molar-refractivity contribution in [3.05, 3.63) is 58.3 Å². The number of hydrogen-bond donors (Lipinski definition) is 2. The summed E-state index contributed by atoms with van der Waals surface area (Å²) in [4.78, 5) is 22.3. The lowest BCUT2D eigenvalue weighted by Crippen LogP contribution is -2.51. The number of hydrogen-bond acceptors (Lipinski definition) is 5. The largest absolute Gasteiger partial charge is 0.418 e. The molecule has 0 spiro atoms. The lowest BCUT2D eigenvalue weighted by molar-refractivity contribution is -0.136. The van der Waals surface area contributed by atoms with Gasteiger partial charge >= 0.3 is 6.18 Å². The van der Waals surface area contributed by atoms with E-state index in [1.807, 2.05) is 7.05 Å². The summed E-state index contributed by atoms with van der Waals surface area (Å²) in [7, 11) is -1.61. The van der Waals surface area contributed by atoms with E-state index < -0.39 is 33.5 Å². The molecule has 1 aliphatic rings. The third-order valence-corrected chi connectivity index (χ3v) is 9.88. The van der Waals surface area contributed by atoms with Crippen molar-refractivity contribution in [2.45, 2.75) is 68.7 Å². The Hall–Kier alpha value is -2.44. The Bertz CT molecular complexity index is 1420. The number of aromatic amines is 1. The van der Waals surface area contributed by atoms with Crippen LogP contribution < -0.4 is 5.32 Å². The summed E-state index contributed by atoms with van der Waals surface area (Å²) in [5, 5.41) is 2.97. The third-order valence-electron chi connectivity index (χ3n) is 7.49. The van der Waals surface area contributed by atoms with Crippen molar-refractivity contribution in [1.82, 2.24) is 20.2 Å². The van der Waals surface area contributed by atoms with Gasteiger partial charge in [-0.1, -0.05) is 22.0 Å². The van der Waals surface area contributed by atoms with Gasteiger partial charge in [-0.15, -0.1) is 0 Å². The fourth-order valence-corrected chi connectivity index (χ4v) is 7.17. The number of aromatic nitrogens is 2. The molecule has 2 aromatic carbocycles. The third kappa shape index (κ3) is 7.01. The number of carbonyl (C=O) groups excluding carboxylic acids is 1. The molecule has 1 fully saturated rings. The molecule has 4 rings (SSSR count). The molecule has 2 N–H and O–H groups in total. The molecule has 1 saturated carbocycles. The average molecular weight is 630 g/mol. The van der Waals surface area contributed by atoms with Crippen molar-refractivity contribution in [3.63, 3.8) is 0 Å². The van der Waals surface area contributed by atoms with Gasteiger partial charge in [0.15, 0.2) is 9.84 Å². The Balaban J connectivity index is 1.52. The van der Waals surface area contributed by atoms with E-state index in [9.17, 15) is 26.4 Å². The van der Waals surface area contributed by atoms with Crippen LogP contribution in [0.3, 0.4) is 0 Å². The number of amides is 1. The molecule has 0 aliphatic heterocycles. The summed E-state index contributed by atoms with van der Waals surface area (Å²) in [5.74, 6) is -0.766. The maximum atomic E-state index is 13.4. The summed E-state index contributed by atoms with van der Waals surface area (Å²) in [6.07, 6.45) is -2.84. The van der Waals surface area contributed by atoms with E-state index in [-0.39, 0.29) is 51.9 Å². The molecule has 3 aromatic rings. The zero-order chi connectivity index (χ0) is 28.5. The Morgan fingerprint density at radius 2 is 1.87 bits per heavy atom. The van der Waals surface area contributed by atoms with E-state index in [2.05, 4.69) is 50.0 Å². The number of carbonyl (C=O) groups is 1. The Kier molecular flexibility index (Phi) is 8.77. The van der Waals surface area contributed by atoms with Crippen LogP contribution in [0, 0.1) is 5.92 Å². The van der Waals surface area contributed by atoms with Crippen LogP contribution in [0.2, 0.25) is 0 Å². The molecule has 0 saturated heterocycles. The van der Waals surface area contributed by atoms with Crippen LogP contribution >= 0.6 is 15.9 Å². The average Bonchev–Trinajstić information content (AvgIpc) is 3.26. The number of nitrogens with one attached hydrogen (secondary N) is 2. The fraction of sp³-hybridized carbons (Fsp3) is 0.481. The number of benzene rings is 2. The number of rotatable bonds is 8. The number of para-hydroxylation sites is 1. The number of nitrogens with zero attached hydrogens (tertiary/aromatic N) is 2. The lowest BCUT2D eigenvalue weighted by Gasteiger charge is -2.41. The first-order chi connectivity index (χ1) is 18.2. The molecular weight excluding hydrogens is 597 g/mol. The maximum absolute atomic E-state index is 13.4. The van der Waals surface area contributed by atoms with E-state index in [0.29, 0.717) is 12.8 Å². The van der Waals surface area contributed by atoms with Crippen LogP contribution in [0.25, 0.3) is 11.0 Å². The van der Waals surface area contributed by atoms with Gasteiger partial charge in [-0.25, -0.2) is 13.4 Å². The molecule has 1 heterocycles. The maximum Gasteiger partial charge on any atom is 0.418 e. The monoisotopic (exact) mass is 628 g/mol. The highest BCUT2D eigenvalue weighted by Gasteiger charge is 2.37. The smallest absolute Gasteiger partial charge is 0.353 e. The van der Waals surface area contributed by atoms with Gasteiger partial charge in [0.2, 0.25) is 5.91 Å². The molecule has 0 bridgehead atoms. The van der Waals surface area contributed by atoms with Crippen molar-refractivity contribution < 1.29 is 26.4 Å². The van der Waals surface area contributed by atoms with Gasteiger partial charge in [0.05, 0.1) is 28.1 Å². The summed E-state index contributed by atoms with van der Waals surface area (Å²) >= 11 is 3.33. The topological polar surface area (TPSA) is 95.2 Å². The minimum absolute atomic E-state index is 0.117. The van der Waals surface area contributed by atoms with Crippen molar-refractivity contribution in [3.8, 4) is 0 Å². The highest BCUT2D eigenvalue weighted by atomic mass is 79.9. The van der Waals surface area contributed by atoms with E-state index >= 15 is 0 Å². The molecule has 39 heavy (non-hydrogen) atoms. The molecule has 1 amide bonds. The van der Waals surface area contributed by atoms with Crippen LogP contribution in [-0.4, -0.2) is 60.1 Å². The fourth-order valence-electron chi connectivity index (χ4n) is 5.23. The van der Waals surface area contributed by atoms with Crippen LogP contribution in [0.4, 0.5) is 13.2 Å². The Labute approximate surface area is 234 Å². The second-order valence-electron chi connectivity index (χ2n) is 10.5. The predicted octanol–water partition coefficient (Wildman–Crippen LogP) is 5.35. The predicted molar refractivity (Wildman–Crippen MR) is 147 cm³/mol. The van der Waals surface area contributed by atoms with E-state index in [4.69, 9.17) is 0 Å². The first-order valence-corrected chi connectivity index (χ1v) is 15.2. The van der Waals surface area contributed by atoms with E-state index in [0.717, 1.165) is 17.0 Å². The first-order valence-electron chi connectivity index (χ1n) is 12.8. The van der Waals surface area contributed by atoms with Crippen LogP contribution in [0.15, 0.2) is 51.8 Å². The second-order valence-corrected chi connectivity index (χ2v) is 13.4. The summed E-state index contributed by atoms with van der Waals surface area (Å²) < 4.78 is 67.5. The zero-order valence-electron chi connectivity index (χ0n) is 21.9. The second kappa shape index (κ2) is 11.6. The highest BCUT2D eigenvalue weighted by molar-refractivity contribution is 9.10. The van der Waals surface area contributed by atoms with Gasteiger partial charge in [0.1, 0.15) is 11.3 Å². The number of alkyl halides is 3. The van der Waals surface area contributed by atoms with Gasteiger partial charge in [-0.2, -0.15) is 13.2 Å². The van der Waals surface area contributed by atoms with E-state index in [1.54, 1.807) is 24.3 Å². The first kappa shape index (κ1) is 29.5. The summed E-state index contributed by atoms with van der Waals surface area (Å²) in [6, 6.07) is 10.3. The number of halogens is 4. The molecule has 1 aliphatic carbocycles. The number of imidazole rings is 1. The number of H-pyrrole nitrogens is 1. The molecule has 3 atom stereocenters. The molecule has 212 valence electrons. The highest BCUT2D eigenvalue weighted by Crippen LogP contribution is 2.34. The molecule has 0 radical (unpaired) electrons. The minimum atomic E-state index is -4.57. The molecular formula is C27H32BrF3N4O3S. The molecule has 0 unspecified atom stereocenters. The number of sulfone groups is 1. The van der Waals surface area contributed by atoms with Crippen LogP contribution in [0.1, 0.15) is 44.5 Å². The van der Waals surface area contributed by atoms with Crippen molar-refractivity contribution in [2.24, 2.45) is 5.92 Å². The van der Waals surface area contributed by atoms with Crippen molar-refractivity contribution >= 4 is 42.7 Å². The summed E-state index contributed by atoms with van der Waals surface area (Å²) in [5.41, 5.74) is -0.902. The molecule has 12 heteroatoms. The normalized spacial score (nSPS) is 20.6. The van der Waals surface area contributed by atoms with Crippen molar-refractivity contribution in [1.29, 1.82) is 0 Å². The van der Waals surface area contributed by atoms with Crippen LogP contribution in [0.5, 0.6) is 0 Å².